The average Bonchev–Trinajstić information content (AvgIpc) is 2.97. The molecule has 2 aromatic heterocycles. The fraction of sp³-hybridized carbons (Fsp3) is 0.364. The third-order valence-corrected chi connectivity index (χ3v) is 6.37. The Kier molecular flexibility index (Phi) is 5.66. The van der Waals surface area contributed by atoms with E-state index in [0.717, 1.165) is 48.2 Å². The lowest BCUT2D eigenvalue weighted by Gasteiger charge is -2.32. The molecule has 3 aromatic rings. The van der Waals surface area contributed by atoms with Gasteiger partial charge in [-0.2, -0.15) is 0 Å². The Morgan fingerprint density at radius 1 is 1.10 bits per heavy atom. The standard InChI is InChI=1S/C22H21Cl3N4/c1-13-12-29(21-17(24)9-16(23)10-18(21)25)22-20(13)19(8-14(2)27-22)28-6-4-15(5-7-28)11-26-3/h8-10,12,15H,4-7,11H2,1-2H3. The molecule has 1 saturated heterocycles. The Morgan fingerprint density at radius 3 is 2.38 bits per heavy atom. The minimum atomic E-state index is 0.490. The molecule has 0 aliphatic carbocycles. The van der Waals surface area contributed by atoms with E-state index in [-0.39, 0.29) is 0 Å². The van der Waals surface area contributed by atoms with E-state index in [9.17, 15) is 0 Å². The van der Waals surface area contributed by atoms with Gasteiger partial charge in [0.2, 0.25) is 6.54 Å². The van der Waals surface area contributed by atoms with Gasteiger partial charge in [0.1, 0.15) is 5.65 Å². The first-order chi connectivity index (χ1) is 13.9. The zero-order valence-corrected chi connectivity index (χ0v) is 18.6. The molecular weight excluding hydrogens is 427 g/mol. The van der Waals surface area contributed by atoms with Crippen LogP contribution in [0.2, 0.25) is 15.1 Å². The van der Waals surface area contributed by atoms with Crippen LogP contribution in [0.15, 0.2) is 24.4 Å². The summed E-state index contributed by atoms with van der Waals surface area (Å²) in [6.07, 6.45) is 4.12. The van der Waals surface area contributed by atoms with E-state index in [2.05, 4.69) is 22.7 Å². The van der Waals surface area contributed by atoms with Gasteiger partial charge in [-0.15, -0.1) is 0 Å². The molecule has 29 heavy (non-hydrogen) atoms. The van der Waals surface area contributed by atoms with E-state index in [1.54, 1.807) is 12.1 Å². The highest BCUT2D eigenvalue weighted by molar-refractivity contribution is 6.40. The van der Waals surface area contributed by atoms with Gasteiger partial charge in [-0.25, -0.2) is 11.6 Å². The number of hydrogen-bond acceptors (Lipinski definition) is 2. The van der Waals surface area contributed by atoms with Crippen molar-refractivity contribution in [3.63, 3.8) is 0 Å². The van der Waals surface area contributed by atoms with E-state index < -0.39 is 0 Å². The van der Waals surface area contributed by atoms with Crippen LogP contribution in [0.4, 0.5) is 5.69 Å². The van der Waals surface area contributed by atoms with Crippen LogP contribution >= 0.6 is 34.8 Å². The molecule has 4 nitrogen and oxygen atoms in total. The molecule has 7 heteroatoms. The molecule has 0 bridgehead atoms. The summed E-state index contributed by atoms with van der Waals surface area (Å²) in [5.74, 6) is 0.500. The molecule has 4 rings (SSSR count). The van der Waals surface area contributed by atoms with Crippen molar-refractivity contribution in [3.8, 4) is 5.69 Å². The molecule has 0 spiro atoms. The number of aryl methyl sites for hydroxylation is 2. The maximum atomic E-state index is 7.12. The van der Waals surface area contributed by atoms with Gasteiger partial charge < -0.3 is 9.74 Å². The quantitative estimate of drug-likeness (QED) is 0.415. The van der Waals surface area contributed by atoms with E-state index in [4.69, 9.17) is 46.4 Å². The van der Waals surface area contributed by atoms with Crippen LogP contribution in [0.3, 0.4) is 0 Å². The zero-order chi connectivity index (χ0) is 20.7. The first-order valence-electron chi connectivity index (χ1n) is 9.61. The number of rotatable bonds is 3. The fourth-order valence-electron chi connectivity index (χ4n) is 4.18. The number of halogens is 3. The number of piperidine rings is 1. The topological polar surface area (TPSA) is 25.4 Å². The Morgan fingerprint density at radius 2 is 1.76 bits per heavy atom. The lowest BCUT2D eigenvalue weighted by atomic mass is 9.96. The minimum absolute atomic E-state index is 0.490. The Hall–Kier alpha value is -1.93. The van der Waals surface area contributed by atoms with Crippen molar-refractivity contribution in [1.82, 2.24) is 9.55 Å². The molecule has 1 fully saturated rings. The summed E-state index contributed by atoms with van der Waals surface area (Å²) in [5.41, 5.74) is 4.78. The molecule has 1 aromatic carbocycles. The molecular formula is C22H21Cl3N4. The number of hydrogen-bond donors (Lipinski definition) is 0. The predicted molar refractivity (Wildman–Crippen MR) is 122 cm³/mol. The Labute approximate surface area is 185 Å². The first-order valence-corrected chi connectivity index (χ1v) is 10.7. The molecule has 0 atom stereocenters. The first kappa shape index (κ1) is 20.3. The van der Waals surface area contributed by atoms with E-state index >= 15 is 0 Å². The van der Waals surface area contributed by atoms with Crippen LogP contribution in [0.25, 0.3) is 21.6 Å². The maximum Gasteiger partial charge on any atom is 0.217 e. The highest BCUT2D eigenvalue weighted by Gasteiger charge is 2.25. The molecule has 0 unspecified atom stereocenters. The highest BCUT2D eigenvalue weighted by Crippen LogP contribution is 2.38. The Bertz CT molecular complexity index is 1100. The summed E-state index contributed by atoms with van der Waals surface area (Å²) in [4.78, 5) is 10.8. The van der Waals surface area contributed by atoms with Crippen LogP contribution in [0.5, 0.6) is 0 Å². The number of anilines is 1. The second-order valence-electron chi connectivity index (χ2n) is 7.65. The summed E-state index contributed by atoms with van der Waals surface area (Å²) in [6, 6.07) is 5.55. The average molecular weight is 448 g/mol. The monoisotopic (exact) mass is 446 g/mol. The van der Waals surface area contributed by atoms with Gasteiger partial charge in [0.05, 0.1) is 15.7 Å². The second kappa shape index (κ2) is 8.07. The third kappa shape index (κ3) is 3.80. The molecule has 150 valence electrons. The van der Waals surface area contributed by atoms with Crippen molar-refractivity contribution in [3.05, 3.63) is 62.1 Å². The Balaban J connectivity index is 1.83. The molecule has 1 aliphatic heterocycles. The number of nitrogens with zero attached hydrogens (tertiary/aromatic N) is 4. The minimum Gasteiger partial charge on any atom is -0.371 e. The maximum absolute atomic E-state index is 7.12. The molecule has 1 aliphatic rings. The predicted octanol–water partition coefficient (Wildman–Crippen LogP) is 6.74. The largest absolute Gasteiger partial charge is 0.371 e. The van der Waals surface area contributed by atoms with Gasteiger partial charge in [-0.3, -0.25) is 4.57 Å². The summed E-state index contributed by atoms with van der Waals surface area (Å²) in [6.45, 7) is 13.7. The van der Waals surface area contributed by atoms with Gasteiger partial charge in [0, 0.05) is 47.0 Å². The SMILES string of the molecule is [C-]#[N+]CC1CCN(c2cc(C)nc3c2c(C)cn3-c2c(Cl)cc(Cl)cc2Cl)CC1. The van der Waals surface area contributed by atoms with Crippen LogP contribution < -0.4 is 4.90 Å². The van der Waals surface area contributed by atoms with Crippen molar-refractivity contribution in [2.75, 3.05) is 24.5 Å². The van der Waals surface area contributed by atoms with Crippen molar-refractivity contribution in [1.29, 1.82) is 0 Å². The summed E-state index contributed by atoms with van der Waals surface area (Å²) >= 11 is 19.1. The molecule has 0 saturated carbocycles. The van der Waals surface area contributed by atoms with Gasteiger partial charge in [-0.1, -0.05) is 34.8 Å². The van der Waals surface area contributed by atoms with Gasteiger partial charge in [0.25, 0.3) is 0 Å². The van der Waals surface area contributed by atoms with Crippen LogP contribution in [0.1, 0.15) is 24.1 Å². The lowest BCUT2D eigenvalue weighted by Crippen LogP contribution is -2.34. The summed E-state index contributed by atoms with van der Waals surface area (Å²) in [7, 11) is 0. The van der Waals surface area contributed by atoms with Gasteiger partial charge in [-0.05, 0) is 50.5 Å². The number of fused-ring (bicyclic) bond motifs is 1. The van der Waals surface area contributed by atoms with Crippen molar-refractivity contribution >= 4 is 51.5 Å². The van der Waals surface area contributed by atoms with E-state index in [1.807, 2.05) is 17.7 Å². The van der Waals surface area contributed by atoms with Gasteiger partial charge >= 0.3 is 0 Å². The lowest BCUT2D eigenvalue weighted by molar-refractivity contribution is 0.431. The summed E-state index contributed by atoms with van der Waals surface area (Å²) < 4.78 is 1.97. The zero-order valence-electron chi connectivity index (χ0n) is 16.3. The van der Waals surface area contributed by atoms with Crippen LogP contribution in [-0.2, 0) is 0 Å². The van der Waals surface area contributed by atoms with Crippen molar-refractivity contribution in [2.45, 2.75) is 26.7 Å². The molecule has 0 amide bonds. The number of aromatic nitrogens is 2. The number of benzene rings is 1. The van der Waals surface area contributed by atoms with Crippen LogP contribution in [0, 0.1) is 26.3 Å². The smallest absolute Gasteiger partial charge is 0.217 e. The normalized spacial score (nSPS) is 15.1. The fourth-order valence-corrected chi connectivity index (χ4v) is 5.18. The summed E-state index contributed by atoms with van der Waals surface area (Å²) in [5, 5.41) is 2.60. The van der Waals surface area contributed by atoms with Crippen molar-refractivity contribution in [2.24, 2.45) is 5.92 Å². The third-order valence-electron chi connectivity index (χ3n) is 5.58. The van der Waals surface area contributed by atoms with E-state index in [0.29, 0.717) is 33.2 Å². The molecule has 0 radical (unpaired) electrons. The molecule has 3 heterocycles. The van der Waals surface area contributed by atoms with Crippen LogP contribution in [-0.4, -0.2) is 29.2 Å². The van der Waals surface area contributed by atoms with Crippen molar-refractivity contribution < 1.29 is 0 Å². The molecule has 0 N–H and O–H groups in total. The number of pyridine rings is 1. The van der Waals surface area contributed by atoms with E-state index in [1.165, 1.54) is 5.69 Å². The van der Waals surface area contributed by atoms with Gasteiger partial charge in [0.15, 0.2) is 0 Å². The highest BCUT2D eigenvalue weighted by atomic mass is 35.5. The second-order valence-corrected chi connectivity index (χ2v) is 8.90.